The van der Waals surface area contributed by atoms with E-state index < -0.39 is 11.0 Å². The van der Waals surface area contributed by atoms with E-state index in [9.17, 15) is 14.9 Å². The molecule has 0 radical (unpaired) electrons. The van der Waals surface area contributed by atoms with E-state index in [1.54, 1.807) is 0 Å². The SMILES string of the molecule is O=C(Oc1cccc([N+](=O)[O-])c1)N1CCOCC1. The van der Waals surface area contributed by atoms with Crippen LogP contribution < -0.4 is 4.74 Å². The van der Waals surface area contributed by atoms with E-state index >= 15 is 0 Å². The third-order valence-electron chi connectivity index (χ3n) is 2.50. The molecule has 0 N–H and O–H groups in total. The fraction of sp³-hybridized carbons (Fsp3) is 0.364. The van der Waals surface area contributed by atoms with Crippen molar-refractivity contribution in [1.82, 2.24) is 4.90 Å². The van der Waals surface area contributed by atoms with Gasteiger partial charge in [0.15, 0.2) is 0 Å². The van der Waals surface area contributed by atoms with E-state index in [-0.39, 0.29) is 11.4 Å². The minimum atomic E-state index is -0.536. The number of hydrogen-bond donors (Lipinski definition) is 0. The first kappa shape index (κ1) is 12.3. The third kappa shape index (κ3) is 2.95. The first-order valence-corrected chi connectivity index (χ1v) is 5.46. The maximum Gasteiger partial charge on any atom is 0.415 e. The summed E-state index contributed by atoms with van der Waals surface area (Å²) in [6, 6.07) is 5.54. The lowest BCUT2D eigenvalue weighted by molar-refractivity contribution is -0.384. The summed E-state index contributed by atoms with van der Waals surface area (Å²) in [7, 11) is 0. The molecule has 0 bridgehead atoms. The zero-order chi connectivity index (χ0) is 13.0. The van der Waals surface area contributed by atoms with Crippen LogP contribution in [0.4, 0.5) is 10.5 Å². The second-order valence-electron chi connectivity index (χ2n) is 3.72. The molecule has 96 valence electrons. The number of ether oxygens (including phenoxy) is 2. The summed E-state index contributed by atoms with van der Waals surface area (Å²) < 4.78 is 10.2. The lowest BCUT2D eigenvalue weighted by atomic mass is 10.3. The third-order valence-corrected chi connectivity index (χ3v) is 2.50. The zero-order valence-electron chi connectivity index (χ0n) is 9.57. The van der Waals surface area contributed by atoms with Gasteiger partial charge in [0.1, 0.15) is 5.75 Å². The molecule has 0 spiro atoms. The highest BCUT2D eigenvalue weighted by Crippen LogP contribution is 2.19. The maximum absolute atomic E-state index is 11.7. The van der Waals surface area contributed by atoms with E-state index in [1.165, 1.54) is 29.2 Å². The van der Waals surface area contributed by atoms with Gasteiger partial charge < -0.3 is 14.4 Å². The van der Waals surface area contributed by atoms with Crippen molar-refractivity contribution in [2.45, 2.75) is 0 Å². The fourth-order valence-electron chi connectivity index (χ4n) is 1.57. The number of carbonyl (C=O) groups is 1. The number of hydrogen-bond acceptors (Lipinski definition) is 5. The Morgan fingerprint density at radius 2 is 2.11 bits per heavy atom. The molecule has 0 aromatic heterocycles. The van der Waals surface area contributed by atoms with Gasteiger partial charge in [-0.25, -0.2) is 4.79 Å². The average Bonchev–Trinajstić information content (AvgIpc) is 2.40. The van der Waals surface area contributed by atoms with Crippen molar-refractivity contribution >= 4 is 11.8 Å². The summed E-state index contributed by atoms with van der Waals surface area (Å²) in [6.45, 7) is 1.88. The first-order valence-electron chi connectivity index (χ1n) is 5.46. The van der Waals surface area contributed by atoms with Crippen LogP contribution in [0.25, 0.3) is 0 Å². The van der Waals surface area contributed by atoms with Gasteiger partial charge in [0, 0.05) is 19.2 Å². The number of amides is 1. The molecule has 0 saturated carbocycles. The van der Waals surface area contributed by atoms with Crippen LogP contribution in [0.3, 0.4) is 0 Å². The van der Waals surface area contributed by atoms with E-state index in [2.05, 4.69) is 0 Å². The number of nitro groups is 1. The van der Waals surface area contributed by atoms with E-state index in [0.717, 1.165) is 0 Å². The Balaban J connectivity index is 2.02. The summed E-state index contributed by atoms with van der Waals surface area (Å²) in [5, 5.41) is 10.6. The minimum absolute atomic E-state index is 0.109. The summed E-state index contributed by atoms with van der Waals surface area (Å²) in [5.41, 5.74) is -0.109. The van der Waals surface area contributed by atoms with Crippen molar-refractivity contribution < 1.29 is 19.2 Å². The Hall–Kier alpha value is -2.15. The molecule has 2 rings (SSSR count). The van der Waals surface area contributed by atoms with E-state index in [4.69, 9.17) is 9.47 Å². The van der Waals surface area contributed by atoms with Crippen molar-refractivity contribution in [3.63, 3.8) is 0 Å². The van der Waals surface area contributed by atoms with Crippen LogP contribution >= 0.6 is 0 Å². The lowest BCUT2D eigenvalue weighted by Crippen LogP contribution is -2.42. The molecule has 0 unspecified atom stereocenters. The number of carbonyl (C=O) groups excluding carboxylic acids is 1. The summed E-state index contributed by atoms with van der Waals surface area (Å²) in [6.07, 6.45) is -0.515. The Morgan fingerprint density at radius 3 is 2.78 bits per heavy atom. The monoisotopic (exact) mass is 252 g/mol. The van der Waals surface area contributed by atoms with Gasteiger partial charge in [-0.05, 0) is 6.07 Å². The van der Waals surface area contributed by atoms with Gasteiger partial charge >= 0.3 is 6.09 Å². The second kappa shape index (κ2) is 5.46. The van der Waals surface area contributed by atoms with Crippen LogP contribution in [0.1, 0.15) is 0 Å². The van der Waals surface area contributed by atoms with E-state index in [0.29, 0.717) is 26.3 Å². The fourth-order valence-corrected chi connectivity index (χ4v) is 1.57. The normalized spacial score (nSPS) is 15.2. The molecule has 7 heteroatoms. The predicted molar refractivity (Wildman–Crippen MR) is 61.5 cm³/mol. The standard InChI is InChI=1S/C11H12N2O5/c14-11(12-4-6-17-7-5-12)18-10-3-1-2-9(8-10)13(15)16/h1-3,8H,4-7H2. The molecule has 1 saturated heterocycles. The Bertz CT molecular complexity index is 457. The number of nitrogens with zero attached hydrogens (tertiary/aromatic N) is 2. The number of benzene rings is 1. The second-order valence-corrected chi connectivity index (χ2v) is 3.72. The van der Waals surface area contributed by atoms with E-state index in [1.807, 2.05) is 0 Å². The number of non-ortho nitro benzene ring substituents is 1. The van der Waals surface area contributed by atoms with Crippen molar-refractivity contribution in [1.29, 1.82) is 0 Å². The van der Waals surface area contributed by atoms with Gasteiger partial charge in [-0.1, -0.05) is 6.07 Å². The van der Waals surface area contributed by atoms with Crippen molar-refractivity contribution in [2.24, 2.45) is 0 Å². The molecule has 1 aliphatic rings. The van der Waals surface area contributed by atoms with Crippen LogP contribution in [0.5, 0.6) is 5.75 Å². The largest absolute Gasteiger partial charge is 0.415 e. The highest BCUT2D eigenvalue weighted by atomic mass is 16.6. The Kier molecular flexibility index (Phi) is 3.73. The molecule has 1 amide bonds. The van der Waals surface area contributed by atoms with Gasteiger partial charge in [-0.3, -0.25) is 10.1 Å². The highest BCUT2D eigenvalue weighted by molar-refractivity contribution is 5.71. The lowest BCUT2D eigenvalue weighted by Gasteiger charge is -2.25. The summed E-state index contributed by atoms with van der Waals surface area (Å²) in [4.78, 5) is 23.3. The molecular formula is C11H12N2O5. The molecule has 1 aromatic carbocycles. The Morgan fingerprint density at radius 1 is 1.39 bits per heavy atom. The first-order chi connectivity index (χ1) is 8.66. The number of rotatable bonds is 2. The van der Waals surface area contributed by atoms with Gasteiger partial charge in [-0.2, -0.15) is 0 Å². The van der Waals surface area contributed by atoms with Crippen molar-refractivity contribution in [3.05, 3.63) is 34.4 Å². The molecule has 18 heavy (non-hydrogen) atoms. The van der Waals surface area contributed by atoms with Gasteiger partial charge in [0.25, 0.3) is 5.69 Å². The quantitative estimate of drug-likeness (QED) is 0.587. The van der Waals surface area contributed by atoms with Crippen molar-refractivity contribution in [3.8, 4) is 5.75 Å². The van der Waals surface area contributed by atoms with Crippen LogP contribution in [0.15, 0.2) is 24.3 Å². The van der Waals surface area contributed by atoms with Crippen LogP contribution in [0, 0.1) is 10.1 Å². The van der Waals surface area contributed by atoms with Crippen LogP contribution in [0.2, 0.25) is 0 Å². The Labute approximate surface area is 103 Å². The molecule has 1 fully saturated rings. The smallest absolute Gasteiger partial charge is 0.410 e. The number of morpholine rings is 1. The number of nitro benzene ring substituents is 1. The predicted octanol–water partition coefficient (Wildman–Crippen LogP) is 1.43. The van der Waals surface area contributed by atoms with Crippen LogP contribution in [-0.4, -0.2) is 42.2 Å². The topological polar surface area (TPSA) is 81.9 Å². The molecule has 0 aliphatic carbocycles. The van der Waals surface area contributed by atoms with Crippen molar-refractivity contribution in [2.75, 3.05) is 26.3 Å². The highest BCUT2D eigenvalue weighted by Gasteiger charge is 2.19. The molecule has 1 aromatic rings. The average molecular weight is 252 g/mol. The van der Waals surface area contributed by atoms with Crippen LogP contribution in [-0.2, 0) is 4.74 Å². The molecule has 7 nitrogen and oxygen atoms in total. The zero-order valence-corrected chi connectivity index (χ0v) is 9.57. The molecule has 0 atom stereocenters. The maximum atomic E-state index is 11.7. The van der Waals surface area contributed by atoms with Gasteiger partial charge in [-0.15, -0.1) is 0 Å². The summed E-state index contributed by atoms with van der Waals surface area (Å²) >= 11 is 0. The molecule has 1 heterocycles. The molecule has 1 aliphatic heterocycles. The minimum Gasteiger partial charge on any atom is -0.410 e. The van der Waals surface area contributed by atoms with Gasteiger partial charge in [0.2, 0.25) is 0 Å². The van der Waals surface area contributed by atoms with Gasteiger partial charge in [0.05, 0.1) is 24.2 Å². The summed E-state index contributed by atoms with van der Waals surface area (Å²) in [5.74, 6) is 0.167. The molecular weight excluding hydrogens is 240 g/mol.